The van der Waals surface area contributed by atoms with Gasteiger partial charge in [-0.1, -0.05) is 61.8 Å². The maximum Gasteiger partial charge on any atom is 0.0700 e. The van der Waals surface area contributed by atoms with Crippen molar-refractivity contribution in [2.24, 2.45) is 0 Å². The van der Waals surface area contributed by atoms with E-state index in [-0.39, 0.29) is 0 Å². The number of hydrogen-bond acceptors (Lipinski definition) is 1. The Kier molecular flexibility index (Phi) is 5.08. The quantitative estimate of drug-likeness (QED) is 0.824. The van der Waals surface area contributed by atoms with E-state index in [2.05, 4.69) is 38.1 Å². The lowest BCUT2D eigenvalue weighted by molar-refractivity contribution is 0.0608. The molecule has 21 heavy (non-hydrogen) atoms. The van der Waals surface area contributed by atoms with Crippen LogP contribution in [-0.4, -0.2) is 10.7 Å². The van der Waals surface area contributed by atoms with Gasteiger partial charge in [-0.3, -0.25) is 0 Å². The maximum absolute atomic E-state index is 10.6. The van der Waals surface area contributed by atoms with Crippen LogP contribution in [0.15, 0.2) is 48.5 Å². The third-order valence-corrected chi connectivity index (χ3v) is 3.98. The minimum Gasteiger partial charge on any atom is -0.389 e. The van der Waals surface area contributed by atoms with Crippen molar-refractivity contribution >= 4 is 11.6 Å². The summed E-state index contributed by atoms with van der Waals surface area (Å²) < 4.78 is 0. The van der Waals surface area contributed by atoms with Crippen molar-refractivity contribution in [2.75, 3.05) is 0 Å². The van der Waals surface area contributed by atoms with Crippen molar-refractivity contribution < 1.29 is 5.11 Å². The van der Waals surface area contributed by atoms with Crippen LogP contribution in [-0.2, 0) is 12.8 Å². The summed E-state index contributed by atoms with van der Waals surface area (Å²) in [5.74, 6) is 0.536. The molecule has 0 bridgehead atoms. The number of hydrogen-bond donors (Lipinski definition) is 1. The molecular formula is C19H23ClO. The van der Waals surface area contributed by atoms with E-state index in [9.17, 15) is 5.11 Å². The second-order valence-electron chi connectivity index (χ2n) is 6.37. The molecule has 1 nitrogen and oxygen atoms in total. The molecule has 0 heterocycles. The highest BCUT2D eigenvalue weighted by Gasteiger charge is 2.21. The van der Waals surface area contributed by atoms with Gasteiger partial charge in [-0.05, 0) is 41.7 Å². The molecule has 1 unspecified atom stereocenters. The fourth-order valence-corrected chi connectivity index (χ4v) is 2.69. The van der Waals surface area contributed by atoms with Crippen LogP contribution >= 0.6 is 11.6 Å². The van der Waals surface area contributed by atoms with Gasteiger partial charge in [-0.2, -0.15) is 0 Å². The standard InChI is InChI=1S/C19H23ClO/c1-14(2)17-8-4-15(5-9-17)12-19(3,21)13-16-6-10-18(20)11-7-16/h4-11,14,21H,12-13H2,1-3H3. The summed E-state index contributed by atoms with van der Waals surface area (Å²) in [7, 11) is 0. The van der Waals surface area contributed by atoms with Crippen LogP contribution in [0.3, 0.4) is 0 Å². The molecule has 0 fully saturated rings. The summed E-state index contributed by atoms with van der Waals surface area (Å²) in [6.07, 6.45) is 1.27. The Balaban J connectivity index is 2.04. The highest BCUT2D eigenvalue weighted by Crippen LogP contribution is 2.22. The van der Waals surface area contributed by atoms with Crippen molar-refractivity contribution in [3.05, 3.63) is 70.2 Å². The second kappa shape index (κ2) is 6.64. The Bertz CT molecular complexity index is 568. The fourth-order valence-electron chi connectivity index (χ4n) is 2.56. The highest BCUT2D eigenvalue weighted by atomic mass is 35.5. The third-order valence-electron chi connectivity index (χ3n) is 3.73. The Morgan fingerprint density at radius 2 is 1.33 bits per heavy atom. The summed E-state index contributed by atoms with van der Waals surface area (Å²) in [6, 6.07) is 16.2. The normalized spacial score (nSPS) is 14.2. The Morgan fingerprint density at radius 3 is 1.76 bits per heavy atom. The summed E-state index contributed by atoms with van der Waals surface area (Å²) >= 11 is 5.89. The van der Waals surface area contributed by atoms with Gasteiger partial charge in [0.1, 0.15) is 0 Å². The molecule has 0 saturated heterocycles. The molecule has 1 N–H and O–H groups in total. The topological polar surface area (TPSA) is 20.2 Å². The van der Waals surface area contributed by atoms with E-state index in [0.717, 1.165) is 10.6 Å². The van der Waals surface area contributed by atoms with Gasteiger partial charge in [0.25, 0.3) is 0 Å². The Morgan fingerprint density at radius 1 is 0.905 bits per heavy atom. The highest BCUT2D eigenvalue weighted by molar-refractivity contribution is 6.30. The number of benzene rings is 2. The SMILES string of the molecule is CC(C)c1ccc(CC(C)(O)Cc2ccc(Cl)cc2)cc1. The summed E-state index contributed by atoms with van der Waals surface area (Å²) in [5.41, 5.74) is 2.84. The molecule has 2 aromatic carbocycles. The monoisotopic (exact) mass is 302 g/mol. The van der Waals surface area contributed by atoms with Gasteiger partial charge in [0.2, 0.25) is 0 Å². The molecule has 0 spiro atoms. The molecule has 2 rings (SSSR count). The second-order valence-corrected chi connectivity index (χ2v) is 6.81. The molecule has 0 aliphatic carbocycles. The molecule has 2 heteroatoms. The lowest BCUT2D eigenvalue weighted by Gasteiger charge is -2.24. The van der Waals surface area contributed by atoms with Crippen LogP contribution in [0.25, 0.3) is 0 Å². The van der Waals surface area contributed by atoms with Crippen LogP contribution in [0, 0.1) is 0 Å². The van der Waals surface area contributed by atoms with Gasteiger partial charge >= 0.3 is 0 Å². The molecule has 2 aromatic rings. The van der Waals surface area contributed by atoms with Crippen molar-refractivity contribution in [3.8, 4) is 0 Å². The van der Waals surface area contributed by atoms with Crippen molar-refractivity contribution in [1.82, 2.24) is 0 Å². The van der Waals surface area contributed by atoms with Crippen molar-refractivity contribution in [1.29, 1.82) is 0 Å². The van der Waals surface area contributed by atoms with E-state index >= 15 is 0 Å². The average Bonchev–Trinajstić information content (AvgIpc) is 2.41. The molecule has 0 aliphatic rings. The minimum absolute atomic E-state index is 0.536. The smallest absolute Gasteiger partial charge is 0.0700 e. The average molecular weight is 303 g/mol. The number of rotatable bonds is 5. The van der Waals surface area contributed by atoms with E-state index in [1.165, 1.54) is 11.1 Å². The van der Waals surface area contributed by atoms with Crippen LogP contribution < -0.4 is 0 Å². The molecule has 0 radical (unpaired) electrons. The largest absolute Gasteiger partial charge is 0.389 e. The fraction of sp³-hybridized carbons (Fsp3) is 0.368. The van der Waals surface area contributed by atoms with Gasteiger partial charge in [-0.15, -0.1) is 0 Å². The molecule has 0 aliphatic heterocycles. The molecule has 1 atom stereocenters. The molecule has 0 amide bonds. The summed E-state index contributed by atoms with van der Waals surface area (Å²) in [5, 5.41) is 11.4. The molecule has 0 saturated carbocycles. The van der Waals surface area contributed by atoms with Gasteiger partial charge in [0, 0.05) is 17.9 Å². The molecule has 0 aromatic heterocycles. The first-order chi connectivity index (χ1) is 9.85. The van der Waals surface area contributed by atoms with E-state index in [4.69, 9.17) is 11.6 Å². The predicted octanol–water partition coefficient (Wildman–Crippen LogP) is 5.00. The van der Waals surface area contributed by atoms with Gasteiger partial charge in [0.05, 0.1) is 5.60 Å². The zero-order chi connectivity index (χ0) is 15.5. The zero-order valence-electron chi connectivity index (χ0n) is 12.9. The van der Waals surface area contributed by atoms with E-state index < -0.39 is 5.60 Å². The van der Waals surface area contributed by atoms with Crippen LogP contribution in [0.4, 0.5) is 0 Å². The van der Waals surface area contributed by atoms with Crippen molar-refractivity contribution in [3.63, 3.8) is 0 Å². The first kappa shape index (κ1) is 16.1. The van der Waals surface area contributed by atoms with Crippen LogP contribution in [0.5, 0.6) is 0 Å². The van der Waals surface area contributed by atoms with Gasteiger partial charge in [0.15, 0.2) is 0 Å². The minimum atomic E-state index is -0.757. The first-order valence-corrected chi connectivity index (χ1v) is 7.79. The van der Waals surface area contributed by atoms with Crippen molar-refractivity contribution in [2.45, 2.75) is 45.1 Å². The molecular weight excluding hydrogens is 280 g/mol. The molecule has 112 valence electrons. The maximum atomic E-state index is 10.6. The predicted molar refractivity (Wildman–Crippen MR) is 90.0 cm³/mol. The number of aliphatic hydroxyl groups is 1. The van der Waals surface area contributed by atoms with Crippen LogP contribution in [0.1, 0.15) is 43.4 Å². The first-order valence-electron chi connectivity index (χ1n) is 7.41. The zero-order valence-corrected chi connectivity index (χ0v) is 13.7. The lowest BCUT2D eigenvalue weighted by Crippen LogP contribution is -2.30. The van der Waals surface area contributed by atoms with E-state index in [1.54, 1.807) is 0 Å². The van der Waals surface area contributed by atoms with E-state index in [0.29, 0.717) is 18.8 Å². The number of halogens is 1. The lowest BCUT2D eigenvalue weighted by atomic mass is 9.89. The van der Waals surface area contributed by atoms with Gasteiger partial charge in [-0.25, -0.2) is 0 Å². The Hall–Kier alpha value is -1.31. The van der Waals surface area contributed by atoms with Crippen LogP contribution in [0.2, 0.25) is 5.02 Å². The van der Waals surface area contributed by atoms with Gasteiger partial charge < -0.3 is 5.11 Å². The summed E-state index contributed by atoms with van der Waals surface area (Å²) in [6.45, 7) is 6.26. The Labute approximate surface area is 132 Å². The van der Waals surface area contributed by atoms with E-state index in [1.807, 2.05) is 31.2 Å². The third kappa shape index (κ3) is 4.87. The summed E-state index contributed by atoms with van der Waals surface area (Å²) in [4.78, 5) is 0.